The Balaban J connectivity index is 1.65. The molecule has 2 aliphatic rings. The van der Waals surface area contributed by atoms with E-state index in [9.17, 15) is 9.59 Å². The van der Waals surface area contributed by atoms with Gasteiger partial charge in [-0.25, -0.2) is 4.79 Å². The average Bonchev–Trinajstić information content (AvgIpc) is 3.21. The fourth-order valence-electron chi connectivity index (χ4n) is 3.68. The molecule has 1 atom stereocenters. The number of fused-ring (bicyclic) bond motifs is 1. The van der Waals surface area contributed by atoms with Crippen LogP contribution in [0.15, 0.2) is 6.20 Å². The number of carboxylic acid groups (broad SMARTS) is 1. The Morgan fingerprint density at radius 1 is 1.33 bits per heavy atom. The SMILES string of the molecule is CN(CCC(=O)O)C(=O)NC1CCCc2cn(C3CCCC3)nc21. The Bertz CT molecular complexity index is 607. The van der Waals surface area contributed by atoms with E-state index in [2.05, 4.69) is 16.2 Å². The monoisotopic (exact) mass is 334 g/mol. The molecule has 0 saturated heterocycles. The van der Waals surface area contributed by atoms with Crippen molar-refractivity contribution in [3.8, 4) is 0 Å². The molecule has 1 fully saturated rings. The minimum absolute atomic E-state index is 0.0455. The summed E-state index contributed by atoms with van der Waals surface area (Å²) >= 11 is 0. The summed E-state index contributed by atoms with van der Waals surface area (Å²) in [5.74, 6) is -0.898. The summed E-state index contributed by atoms with van der Waals surface area (Å²) in [6.45, 7) is 0.206. The molecule has 7 nitrogen and oxygen atoms in total. The fourth-order valence-corrected chi connectivity index (χ4v) is 3.68. The smallest absolute Gasteiger partial charge is 0.317 e. The van der Waals surface area contributed by atoms with Crippen LogP contribution in [0.4, 0.5) is 4.79 Å². The molecule has 2 aliphatic carbocycles. The van der Waals surface area contributed by atoms with Gasteiger partial charge in [0.15, 0.2) is 0 Å². The summed E-state index contributed by atoms with van der Waals surface area (Å²) in [4.78, 5) is 24.3. The van der Waals surface area contributed by atoms with Crippen LogP contribution < -0.4 is 5.32 Å². The zero-order valence-electron chi connectivity index (χ0n) is 14.2. The molecular formula is C17H26N4O3. The normalized spacial score (nSPS) is 20.6. The van der Waals surface area contributed by atoms with Crippen molar-refractivity contribution in [3.63, 3.8) is 0 Å². The molecule has 1 aromatic rings. The van der Waals surface area contributed by atoms with E-state index in [4.69, 9.17) is 10.2 Å². The fraction of sp³-hybridized carbons (Fsp3) is 0.706. The summed E-state index contributed by atoms with van der Waals surface area (Å²) in [7, 11) is 1.62. The van der Waals surface area contributed by atoms with E-state index in [1.54, 1.807) is 7.05 Å². The maximum atomic E-state index is 12.3. The average molecular weight is 334 g/mol. The van der Waals surface area contributed by atoms with Crippen molar-refractivity contribution in [2.45, 2.75) is 63.5 Å². The molecule has 1 heterocycles. The van der Waals surface area contributed by atoms with E-state index >= 15 is 0 Å². The van der Waals surface area contributed by atoms with Crippen LogP contribution in [0.3, 0.4) is 0 Å². The number of hydrogen-bond donors (Lipinski definition) is 2. The summed E-state index contributed by atoms with van der Waals surface area (Å²) in [5.41, 5.74) is 2.24. The molecule has 0 radical (unpaired) electrons. The third-order valence-electron chi connectivity index (χ3n) is 5.11. The molecule has 0 bridgehead atoms. The van der Waals surface area contributed by atoms with Crippen molar-refractivity contribution >= 4 is 12.0 Å². The van der Waals surface area contributed by atoms with Gasteiger partial charge in [-0.15, -0.1) is 0 Å². The van der Waals surface area contributed by atoms with Crippen molar-refractivity contribution in [2.24, 2.45) is 0 Å². The van der Waals surface area contributed by atoms with Gasteiger partial charge in [-0.05, 0) is 37.7 Å². The number of nitrogens with one attached hydrogen (secondary N) is 1. The number of carboxylic acids is 1. The molecule has 1 unspecified atom stereocenters. The number of hydrogen-bond acceptors (Lipinski definition) is 3. The highest BCUT2D eigenvalue weighted by Gasteiger charge is 2.28. The second-order valence-corrected chi connectivity index (χ2v) is 6.92. The lowest BCUT2D eigenvalue weighted by atomic mass is 9.94. The summed E-state index contributed by atoms with van der Waals surface area (Å²) in [6, 6.07) is 0.200. The molecule has 1 aromatic heterocycles. The van der Waals surface area contributed by atoms with E-state index in [-0.39, 0.29) is 25.0 Å². The van der Waals surface area contributed by atoms with Gasteiger partial charge in [-0.2, -0.15) is 5.10 Å². The van der Waals surface area contributed by atoms with Gasteiger partial charge in [0.2, 0.25) is 0 Å². The molecule has 24 heavy (non-hydrogen) atoms. The largest absolute Gasteiger partial charge is 0.481 e. The zero-order chi connectivity index (χ0) is 17.1. The zero-order valence-corrected chi connectivity index (χ0v) is 14.2. The van der Waals surface area contributed by atoms with Crippen molar-refractivity contribution < 1.29 is 14.7 Å². The van der Waals surface area contributed by atoms with Crippen LogP contribution in [0.5, 0.6) is 0 Å². The molecular weight excluding hydrogens is 308 g/mol. The third kappa shape index (κ3) is 3.71. The van der Waals surface area contributed by atoms with Crippen molar-refractivity contribution in [3.05, 3.63) is 17.5 Å². The lowest BCUT2D eigenvalue weighted by Gasteiger charge is -2.25. The lowest BCUT2D eigenvalue weighted by molar-refractivity contribution is -0.137. The Labute approximate surface area is 142 Å². The van der Waals surface area contributed by atoms with E-state index in [0.717, 1.165) is 25.0 Å². The first-order valence-electron chi connectivity index (χ1n) is 8.86. The van der Waals surface area contributed by atoms with Gasteiger partial charge in [-0.3, -0.25) is 9.48 Å². The standard InChI is InChI=1S/C17H26N4O3/c1-20(10-9-15(22)23)17(24)18-14-8-4-5-12-11-21(19-16(12)14)13-6-2-3-7-13/h11,13-14H,2-10H2,1H3,(H,18,24)(H,22,23). The van der Waals surface area contributed by atoms with Gasteiger partial charge in [0.25, 0.3) is 0 Å². The highest BCUT2D eigenvalue weighted by atomic mass is 16.4. The predicted octanol–water partition coefficient (Wildman–Crippen LogP) is 2.49. The quantitative estimate of drug-likeness (QED) is 0.866. The molecule has 2 amide bonds. The summed E-state index contributed by atoms with van der Waals surface area (Å²) < 4.78 is 2.11. The molecule has 3 rings (SSSR count). The molecule has 7 heteroatoms. The van der Waals surface area contributed by atoms with Crippen LogP contribution in [0.25, 0.3) is 0 Å². The first-order chi connectivity index (χ1) is 11.5. The molecule has 0 aliphatic heterocycles. The van der Waals surface area contributed by atoms with E-state index in [0.29, 0.717) is 6.04 Å². The lowest BCUT2D eigenvalue weighted by Crippen LogP contribution is -2.41. The van der Waals surface area contributed by atoms with Crippen LogP contribution in [0, 0.1) is 0 Å². The second-order valence-electron chi connectivity index (χ2n) is 6.92. The highest BCUT2D eigenvalue weighted by Crippen LogP contribution is 2.33. The van der Waals surface area contributed by atoms with E-state index in [1.807, 2.05) is 0 Å². The number of carbonyl (C=O) groups is 2. The number of urea groups is 1. The molecule has 132 valence electrons. The van der Waals surface area contributed by atoms with E-state index in [1.165, 1.54) is 36.1 Å². The Kier molecular flexibility index (Phi) is 5.06. The Morgan fingerprint density at radius 2 is 2.08 bits per heavy atom. The third-order valence-corrected chi connectivity index (χ3v) is 5.11. The number of amides is 2. The van der Waals surface area contributed by atoms with Crippen LogP contribution in [-0.4, -0.2) is 45.4 Å². The molecule has 1 saturated carbocycles. The predicted molar refractivity (Wildman–Crippen MR) is 88.8 cm³/mol. The van der Waals surface area contributed by atoms with Crippen molar-refractivity contribution in [1.29, 1.82) is 0 Å². The van der Waals surface area contributed by atoms with Crippen LogP contribution in [0.2, 0.25) is 0 Å². The van der Waals surface area contributed by atoms with Crippen molar-refractivity contribution in [1.82, 2.24) is 20.0 Å². The number of rotatable bonds is 5. The summed E-state index contributed by atoms with van der Waals surface area (Å²) in [6.07, 6.45) is 9.97. The molecule has 0 aromatic carbocycles. The maximum absolute atomic E-state index is 12.3. The number of nitrogens with zero attached hydrogens (tertiary/aromatic N) is 3. The van der Waals surface area contributed by atoms with Crippen molar-refractivity contribution in [2.75, 3.05) is 13.6 Å². The number of aromatic nitrogens is 2. The summed E-state index contributed by atoms with van der Waals surface area (Å²) in [5, 5.41) is 16.5. The second kappa shape index (κ2) is 7.23. The first kappa shape index (κ1) is 16.8. The minimum Gasteiger partial charge on any atom is -0.481 e. The van der Waals surface area contributed by atoms with Gasteiger partial charge in [0, 0.05) is 19.8 Å². The van der Waals surface area contributed by atoms with Crippen LogP contribution in [-0.2, 0) is 11.2 Å². The number of carbonyl (C=O) groups excluding carboxylic acids is 1. The van der Waals surface area contributed by atoms with Gasteiger partial charge >= 0.3 is 12.0 Å². The number of aliphatic carboxylic acids is 1. The van der Waals surface area contributed by atoms with Crippen LogP contribution in [0.1, 0.15) is 68.3 Å². The number of aryl methyl sites for hydroxylation is 1. The maximum Gasteiger partial charge on any atom is 0.317 e. The first-order valence-corrected chi connectivity index (χ1v) is 8.86. The van der Waals surface area contributed by atoms with Crippen LogP contribution >= 0.6 is 0 Å². The van der Waals surface area contributed by atoms with Gasteiger partial charge in [-0.1, -0.05) is 12.8 Å². The Hall–Kier alpha value is -2.05. The minimum atomic E-state index is -0.898. The topological polar surface area (TPSA) is 87.5 Å². The van der Waals surface area contributed by atoms with Gasteiger partial charge in [0.05, 0.1) is 24.2 Å². The van der Waals surface area contributed by atoms with Gasteiger partial charge in [0.1, 0.15) is 0 Å². The molecule has 0 spiro atoms. The highest BCUT2D eigenvalue weighted by molar-refractivity contribution is 5.75. The van der Waals surface area contributed by atoms with E-state index < -0.39 is 5.97 Å². The Morgan fingerprint density at radius 3 is 2.79 bits per heavy atom. The van der Waals surface area contributed by atoms with Gasteiger partial charge < -0.3 is 15.3 Å². The molecule has 2 N–H and O–H groups in total.